The van der Waals surface area contributed by atoms with Crippen LogP contribution in [0.2, 0.25) is 10.0 Å². The molecule has 0 heterocycles. The largest absolute Gasteiger partial charge is 0.496 e. The summed E-state index contributed by atoms with van der Waals surface area (Å²) in [4.78, 5) is 29.1. The van der Waals surface area contributed by atoms with Gasteiger partial charge in [-0.2, -0.15) is 0 Å². The van der Waals surface area contributed by atoms with Gasteiger partial charge in [0.05, 0.1) is 74.4 Å². The van der Waals surface area contributed by atoms with Crippen LogP contribution in [0.1, 0.15) is 96.1 Å². The molecule has 4 atom stereocenters. The number of methoxy groups -OCH3 is 1. The summed E-state index contributed by atoms with van der Waals surface area (Å²) < 4.78 is 96.2. The van der Waals surface area contributed by atoms with E-state index in [0.29, 0.717) is 111 Å². The maximum absolute atomic E-state index is 13.2. The van der Waals surface area contributed by atoms with Crippen molar-refractivity contribution in [1.29, 1.82) is 0 Å². The van der Waals surface area contributed by atoms with Gasteiger partial charge >= 0.3 is 6.03 Å². The van der Waals surface area contributed by atoms with Crippen molar-refractivity contribution in [1.82, 2.24) is 25.2 Å². The van der Waals surface area contributed by atoms with Gasteiger partial charge in [-0.05, 0) is 176 Å². The van der Waals surface area contributed by atoms with Crippen LogP contribution in [0.15, 0.2) is 70.5 Å². The lowest BCUT2D eigenvalue weighted by Crippen LogP contribution is -2.37. The third kappa shape index (κ3) is 19.5. The molecule has 3 N–H and O–H groups in total. The third-order valence-electron chi connectivity index (χ3n) is 14.5. The molecule has 0 saturated carbocycles. The Hall–Kier alpha value is -4.58. The van der Waals surface area contributed by atoms with Crippen LogP contribution >= 0.6 is 23.2 Å². The minimum Gasteiger partial charge on any atom is -0.496 e. The summed E-state index contributed by atoms with van der Waals surface area (Å²) >= 11 is 12.8. The predicted molar refractivity (Wildman–Crippen MR) is 315 cm³/mol. The highest BCUT2D eigenvalue weighted by Crippen LogP contribution is 2.44. The maximum Gasteiger partial charge on any atom is 0.314 e. The van der Waals surface area contributed by atoms with Crippen molar-refractivity contribution in [3.8, 4) is 17.2 Å². The number of amides is 2. The highest BCUT2D eigenvalue weighted by molar-refractivity contribution is 7.91. The van der Waals surface area contributed by atoms with Crippen molar-refractivity contribution in [3.05, 3.63) is 110 Å². The molecule has 22 heteroatoms. The number of carbonyl (C=O) groups is 2. The zero-order valence-corrected chi connectivity index (χ0v) is 51.4. The summed E-state index contributed by atoms with van der Waals surface area (Å²) in [7, 11) is 2.34. The Morgan fingerprint density at radius 1 is 0.556 bits per heavy atom. The average molecular weight is 1210 g/mol. The number of nitrogens with zero attached hydrogens (tertiary/aromatic N) is 2. The van der Waals surface area contributed by atoms with E-state index in [9.17, 15) is 26.4 Å². The number of likely N-dealkylation sites (N-methyl/N-ethyl adjacent to an activating group) is 2. The van der Waals surface area contributed by atoms with E-state index in [1.165, 1.54) is 5.56 Å². The Morgan fingerprint density at radius 2 is 1.07 bits per heavy atom. The summed E-state index contributed by atoms with van der Waals surface area (Å²) in [5.41, 5.74) is 6.85. The molecule has 0 aromatic heterocycles. The van der Waals surface area contributed by atoms with E-state index in [1.54, 1.807) is 43.5 Å². The number of unbranched alkanes of at least 4 members (excludes halogenated alkanes) is 2. The van der Waals surface area contributed by atoms with E-state index in [4.69, 9.17) is 56.4 Å². The number of fused-ring (bicyclic) bond motifs is 2. The van der Waals surface area contributed by atoms with Gasteiger partial charge in [-0.25, -0.2) is 26.4 Å². The van der Waals surface area contributed by atoms with Gasteiger partial charge < -0.3 is 53.6 Å². The van der Waals surface area contributed by atoms with Crippen molar-refractivity contribution >= 4 is 54.9 Å². The number of hydrogen-bond acceptors (Lipinski definition) is 15. The smallest absolute Gasteiger partial charge is 0.314 e. The number of aryl methyl sites for hydroxylation is 3. The molecule has 0 fully saturated rings. The first-order valence-corrected chi connectivity index (χ1v) is 31.7. The molecule has 0 unspecified atom stereocenters. The molecular formula is C59H83Cl2N5O13S2. The second-order valence-corrected chi connectivity index (χ2v) is 25.8. The lowest BCUT2D eigenvalue weighted by molar-refractivity contribution is -0.119. The van der Waals surface area contributed by atoms with Gasteiger partial charge in [0.2, 0.25) is 10.0 Å². The normalized spacial score (nSPS) is 16.9. The molecular weight excluding hydrogens is 1120 g/mol. The topological polar surface area (TPSA) is 210 Å². The summed E-state index contributed by atoms with van der Waals surface area (Å²) in [5.74, 6) is 2.03. The van der Waals surface area contributed by atoms with Crippen LogP contribution in [0.3, 0.4) is 0 Å². The molecule has 2 amide bonds. The number of hydrogen-bond donors (Lipinski definition) is 3. The Labute approximate surface area is 490 Å². The minimum absolute atomic E-state index is 0.0347. The molecule has 0 spiro atoms. The fourth-order valence-electron chi connectivity index (χ4n) is 10.1. The number of halogens is 2. The molecule has 0 saturated heterocycles. The monoisotopic (exact) mass is 1200 g/mol. The zero-order valence-electron chi connectivity index (χ0n) is 48.2. The fourth-order valence-corrected chi connectivity index (χ4v) is 13.0. The van der Waals surface area contributed by atoms with Crippen LogP contribution < -0.4 is 29.6 Å². The molecule has 0 aliphatic heterocycles. The number of sulfonamides is 1. The molecule has 2 aliphatic carbocycles. The zero-order chi connectivity index (χ0) is 58.7. The fraction of sp³-hybridized carbons (Fsp3) is 0.559. The Bertz CT molecular complexity index is 2950. The van der Waals surface area contributed by atoms with Gasteiger partial charge in [-0.1, -0.05) is 29.6 Å². The highest BCUT2D eigenvalue weighted by atomic mass is 35.5. The van der Waals surface area contributed by atoms with Crippen LogP contribution in [0.25, 0.3) is 0 Å². The first kappa shape index (κ1) is 65.6. The van der Waals surface area contributed by atoms with Crippen LogP contribution in [0, 0.1) is 20.8 Å². The third-order valence-corrected chi connectivity index (χ3v) is 18.2. The predicted octanol–water partition coefficient (Wildman–Crippen LogP) is 8.56. The van der Waals surface area contributed by atoms with E-state index in [0.717, 1.165) is 60.1 Å². The lowest BCUT2D eigenvalue weighted by Gasteiger charge is -2.28. The van der Waals surface area contributed by atoms with E-state index < -0.39 is 19.9 Å². The molecule has 4 aromatic carbocycles. The molecule has 0 radical (unpaired) electrons. The van der Waals surface area contributed by atoms with Crippen LogP contribution in [0.4, 0.5) is 4.79 Å². The van der Waals surface area contributed by atoms with Crippen LogP contribution in [-0.2, 0) is 56.4 Å². The lowest BCUT2D eigenvalue weighted by atomic mass is 10.0. The van der Waals surface area contributed by atoms with E-state index in [-0.39, 0.29) is 71.4 Å². The number of Topliss-reactive ketones (excluding diaryl/α,β-unsaturated/α-hetero) is 1. The van der Waals surface area contributed by atoms with Crippen molar-refractivity contribution in [2.24, 2.45) is 0 Å². The minimum atomic E-state index is -3.78. The average Bonchev–Trinajstić information content (AvgIpc) is 4.14. The van der Waals surface area contributed by atoms with Crippen molar-refractivity contribution in [3.63, 3.8) is 0 Å². The summed E-state index contributed by atoms with van der Waals surface area (Å²) in [6.45, 7) is 8.98. The van der Waals surface area contributed by atoms with E-state index in [1.807, 2.05) is 66.3 Å². The number of rotatable bonds is 36. The summed E-state index contributed by atoms with van der Waals surface area (Å²) in [5, 5.41) is 6.78. The number of carbonyl (C=O) groups excluding carboxylic acids is 2. The molecule has 448 valence electrons. The van der Waals surface area contributed by atoms with E-state index in [2.05, 4.69) is 32.1 Å². The summed E-state index contributed by atoms with van der Waals surface area (Å²) in [6, 6.07) is 17.3. The van der Waals surface area contributed by atoms with Crippen LogP contribution in [0.5, 0.6) is 17.2 Å². The van der Waals surface area contributed by atoms with Gasteiger partial charge in [0.25, 0.3) is 0 Å². The maximum atomic E-state index is 13.2. The molecule has 4 aromatic rings. The molecule has 81 heavy (non-hydrogen) atoms. The first-order valence-electron chi connectivity index (χ1n) is 27.8. The van der Waals surface area contributed by atoms with Crippen LogP contribution in [-0.4, -0.2) is 164 Å². The molecule has 2 aliphatic rings. The highest BCUT2D eigenvalue weighted by Gasteiger charge is 2.39. The molecule has 0 bridgehead atoms. The van der Waals surface area contributed by atoms with Gasteiger partial charge in [0.15, 0.2) is 9.84 Å². The van der Waals surface area contributed by atoms with Crippen molar-refractivity contribution in [2.45, 2.75) is 113 Å². The van der Waals surface area contributed by atoms with Crippen molar-refractivity contribution < 1.29 is 59.6 Å². The number of nitrogens with one attached hydrogen (secondary N) is 3. The Morgan fingerprint density at radius 3 is 1.68 bits per heavy atom. The molecule has 18 nitrogen and oxygen atoms in total. The second kappa shape index (κ2) is 31.9. The standard InChI is InChI=1S/C59H83Cl2N5O13S2/c1-40-32-43(60)35-50-48(40)38-52(65(4)5)57(50)78-55-19-17-47(34-42(55)3)81(71,72)64-22-26-77-30-27-74-23-12-15-45(67)14-10-9-11-20-62-59(68)63-21-25-76-29-28-75-24-13-31-80(69,70)46-16-18-54(41(2)33-46)79-58-51-36-44(61)37-56(73-8)49(51)39-53(58)66(6)7/h16-19,32-37,52-53,57-58,64H,9-15,20-31,38-39H2,1-8H3,(H2,62,63,68)/t52-,53-,57-,58-/m0/s1. The van der Waals surface area contributed by atoms with Gasteiger partial charge in [-0.15, -0.1) is 0 Å². The van der Waals surface area contributed by atoms with Gasteiger partial charge in [0, 0.05) is 66.9 Å². The Balaban J connectivity index is 0.711. The SMILES string of the molecule is COc1cc(Cl)cc2c1C[C@H](N(C)C)[C@H]2Oc1ccc(S(=O)(=O)CCCOCCOCCNC(=O)NCCCCCC(=O)CCCOCCOCCNS(=O)(=O)c2ccc(O[C@H]3c4cc(Cl)cc(C)c4C[C@@H]3N(C)C)c(C)c2)cc1C. The number of sulfone groups is 1. The number of benzene rings is 4. The second-order valence-electron chi connectivity index (χ2n) is 21.0. The molecule has 6 rings (SSSR count). The Kier molecular flexibility index (Phi) is 25.8. The van der Waals surface area contributed by atoms with Gasteiger partial charge in [-0.3, -0.25) is 4.79 Å². The quantitative estimate of drug-likeness (QED) is 0.0365. The number of urea groups is 1. The first-order chi connectivity index (χ1) is 38.7. The van der Waals surface area contributed by atoms with Crippen molar-refractivity contribution in [2.75, 3.05) is 114 Å². The summed E-state index contributed by atoms with van der Waals surface area (Å²) in [6.07, 6.45) is 5.10. The van der Waals surface area contributed by atoms with Gasteiger partial charge in [0.1, 0.15) is 35.2 Å². The van der Waals surface area contributed by atoms with E-state index >= 15 is 0 Å². The number of ketones is 1. The number of ether oxygens (including phenoxy) is 7.